The van der Waals surface area contributed by atoms with Crippen LogP contribution < -0.4 is 15.4 Å². The lowest BCUT2D eigenvalue weighted by Gasteiger charge is -2.56. The third kappa shape index (κ3) is 5.33. The van der Waals surface area contributed by atoms with Gasteiger partial charge in [0.25, 0.3) is 5.91 Å². The van der Waals surface area contributed by atoms with Crippen LogP contribution in [0.4, 0.5) is 14.5 Å². The van der Waals surface area contributed by atoms with E-state index in [9.17, 15) is 23.5 Å². The molecule has 0 saturated heterocycles. The molecule has 1 unspecified atom stereocenters. The fourth-order valence-electron chi connectivity index (χ4n) is 6.78. The Morgan fingerprint density at radius 3 is 2.42 bits per heavy atom. The van der Waals surface area contributed by atoms with Crippen LogP contribution in [0, 0.1) is 12.3 Å². The van der Waals surface area contributed by atoms with E-state index in [2.05, 4.69) is 26.6 Å². The summed E-state index contributed by atoms with van der Waals surface area (Å²) in [6.45, 7) is -1.14. The Hall–Kier alpha value is -4.05. The van der Waals surface area contributed by atoms with E-state index >= 15 is 0 Å². The number of carbonyl (C=O) groups is 2. The molecule has 1 amide bonds. The Labute approximate surface area is 255 Å². The van der Waals surface area contributed by atoms with Crippen molar-refractivity contribution in [2.75, 3.05) is 5.32 Å². The van der Waals surface area contributed by atoms with Gasteiger partial charge in [-0.05, 0) is 74.9 Å². The molecule has 0 aliphatic heterocycles. The molecule has 1 heterocycles. The average molecular weight is 651 g/mol. The number of rotatable bonds is 8. The molecule has 3 N–H and O–H groups in total. The molecule has 0 spiro atoms. The van der Waals surface area contributed by atoms with Gasteiger partial charge in [0.1, 0.15) is 5.75 Å². The van der Waals surface area contributed by atoms with E-state index in [1.165, 1.54) is 6.07 Å². The molecule has 10 heteroatoms. The Balaban J connectivity index is 1.42. The second-order valence-corrected chi connectivity index (χ2v) is 12.4. The van der Waals surface area contributed by atoms with Crippen molar-refractivity contribution in [1.29, 1.82) is 0 Å². The Bertz CT molecular complexity index is 1710. The van der Waals surface area contributed by atoms with Crippen LogP contribution >= 0.6 is 15.9 Å². The topological polar surface area (TPSA) is 101 Å². The van der Waals surface area contributed by atoms with Gasteiger partial charge in [-0.3, -0.25) is 9.59 Å². The fraction of sp³-hybridized carbons (Fsp3) is 0.303. The van der Waals surface area contributed by atoms with E-state index in [0.29, 0.717) is 53.5 Å². The molecule has 3 aliphatic carbocycles. The van der Waals surface area contributed by atoms with E-state index in [1.807, 2.05) is 55.5 Å². The zero-order chi connectivity index (χ0) is 30.4. The number of hydrogen-bond donors (Lipinski definition) is 3. The summed E-state index contributed by atoms with van der Waals surface area (Å²) in [5.74, 6) is -1.23. The summed E-state index contributed by atoms with van der Waals surface area (Å²) < 4.78 is 31.9. The number of nitrogens with one attached hydrogen (secondary N) is 2. The highest BCUT2D eigenvalue weighted by Gasteiger charge is 2.58. The van der Waals surface area contributed by atoms with Crippen molar-refractivity contribution in [1.82, 2.24) is 10.3 Å². The summed E-state index contributed by atoms with van der Waals surface area (Å²) in [6, 6.07) is 21.1. The minimum Gasteiger partial charge on any atom is -0.481 e. The van der Waals surface area contributed by atoms with E-state index in [4.69, 9.17) is 9.72 Å². The van der Waals surface area contributed by atoms with Gasteiger partial charge in [0, 0.05) is 15.4 Å². The number of halogens is 3. The first kappa shape index (κ1) is 29.0. The van der Waals surface area contributed by atoms with Crippen molar-refractivity contribution in [3.05, 3.63) is 88.4 Å². The van der Waals surface area contributed by atoms with Crippen molar-refractivity contribution in [3.8, 4) is 17.0 Å². The highest BCUT2D eigenvalue weighted by atomic mass is 79.9. The molecule has 222 valence electrons. The third-order valence-corrected chi connectivity index (χ3v) is 9.57. The Morgan fingerprint density at radius 1 is 1.02 bits per heavy atom. The van der Waals surface area contributed by atoms with Crippen molar-refractivity contribution in [2.24, 2.45) is 5.41 Å². The zero-order valence-corrected chi connectivity index (χ0v) is 25.0. The monoisotopic (exact) mass is 649 g/mol. The lowest BCUT2D eigenvalue weighted by Crippen LogP contribution is -2.68. The number of hydrogen-bond acceptors (Lipinski definition) is 5. The van der Waals surface area contributed by atoms with Gasteiger partial charge in [0.05, 0.1) is 39.5 Å². The summed E-state index contributed by atoms with van der Waals surface area (Å²) in [6.07, 6.45) is 1.85. The summed E-state index contributed by atoms with van der Waals surface area (Å²) in [7, 11) is 0. The lowest BCUT2D eigenvalue weighted by atomic mass is 9.55. The molecule has 0 radical (unpaired) electrons. The van der Waals surface area contributed by atoms with Gasteiger partial charge in [0.2, 0.25) is 0 Å². The number of pyridine rings is 1. The first-order chi connectivity index (χ1) is 20.6. The smallest absolute Gasteiger partial charge is 0.387 e. The molecular weight excluding hydrogens is 620 g/mol. The van der Waals surface area contributed by atoms with Crippen LogP contribution in [-0.4, -0.2) is 40.2 Å². The van der Waals surface area contributed by atoms with E-state index < -0.39 is 29.6 Å². The number of carboxylic acids is 1. The van der Waals surface area contributed by atoms with Crippen LogP contribution in [0.2, 0.25) is 0 Å². The van der Waals surface area contributed by atoms with Gasteiger partial charge in [-0.1, -0.05) is 58.4 Å². The highest BCUT2D eigenvalue weighted by molar-refractivity contribution is 9.10. The molecule has 43 heavy (non-hydrogen) atoms. The predicted molar refractivity (Wildman–Crippen MR) is 163 cm³/mol. The Morgan fingerprint density at radius 2 is 1.72 bits per heavy atom. The largest absolute Gasteiger partial charge is 0.481 e. The summed E-state index contributed by atoms with van der Waals surface area (Å²) >= 11 is 3.53. The number of aliphatic carboxylic acids is 1. The van der Waals surface area contributed by atoms with Crippen LogP contribution in [0.1, 0.15) is 48.0 Å². The number of fused-ring (bicyclic) bond motifs is 4. The molecule has 7 nitrogen and oxygen atoms in total. The molecule has 3 aromatic carbocycles. The number of benzene rings is 3. The predicted octanol–water partition coefficient (Wildman–Crippen LogP) is 7.57. The number of ether oxygens (including phenoxy) is 1. The van der Waals surface area contributed by atoms with Gasteiger partial charge in [-0.15, -0.1) is 0 Å². The van der Waals surface area contributed by atoms with E-state index in [0.717, 1.165) is 15.6 Å². The zero-order valence-electron chi connectivity index (χ0n) is 23.4. The molecule has 3 saturated carbocycles. The average Bonchev–Trinajstić information content (AvgIpc) is 2.98. The fourth-order valence-corrected chi connectivity index (χ4v) is 7.14. The van der Waals surface area contributed by atoms with Crippen molar-refractivity contribution < 1.29 is 28.2 Å². The lowest BCUT2D eigenvalue weighted by molar-refractivity contribution is -0.157. The molecule has 2 bridgehead atoms. The maximum Gasteiger partial charge on any atom is 0.387 e. The molecule has 3 fully saturated rings. The first-order valence-corrected chi connectivity index (χ1v) is 14.9. The number of nitrogens with zero attached hydrogens (tertiary/aromatic N) is 1. The van der Waals surface area contributed by atoms with Crippen LogP contribution in [0.5, 0.6) is 5.75 Å². The maximum atomic E-state index is 14.4. The molecule has 7 rings (SSSR count). The molecule has 3 aliphatic rings. The number of para-hydroxylation sites is 2. The minimum absolute atomic E-state index is 0.0434. The number of carbonyl (C=O) groups excluding carboxylic acids is 1. The van der Waals surface area contributed by atoms with Crippen LogP contribution in [-0.2, 0) is 4.79 Å². The second-order valence-electron chi connectivity index (χ2n) is 11.5. The van der Waals surface area contributed by atoms with E-state index in [-0.39, 0.29) is 18.1 Å². The van der Waals surface area contributed by atoms with Crippen LogP contribution in [0.15, 0.2) is 77.3 Å². The highest BCUT2D eigenvalue weighted by Crippen LogP contribution is 2.54. The number of carboxylic acid groups (broad SMARTS) is 1. The number of aromatic nitrogens is 1. The molecular formula is C33H30BrF2N3O4. The van der Waals surface area contributed by atoms with Gasteiger partial charge in [0.15, 0.2) is 0 Å². The van der Waals surface area contributed by atoms with Gasteiger partial charge < -0.3 is 20.5 Å². The molecule has 1 atom stereocenters. The van der Waals surface area contributed by atoms with Crippen molar-refractivity contribution in [2.45, 2.75) is 57.2 Å². The number of amides is 1. The summed E-state index contributed by atoms with van der Waals surface area (Å²) in [5, 5.41) is 17.5. The SMILES string of the molecule is Cc1c(-c2ccccc2)nc2ccc(Br)cc2c1C(=O)NC12CCC(C(=O)O)(CC1)CC2Nc1ccccc1OC(F)F. The Kier molecular flexibility index (Phi) is 7.58. The first-order valence-electron chi connectivity index (χ1n) is 14.1. The van der Waals surface area contributed by atoms with Gasteiger partial charge >= 0.3 is 12.6 Å². The van der Waals surface area contributed by atoms with Crippen molar-refractivity contribution >= 4 is 44.4 Å². The minimum atomic E-state index is -3.02. The molecule has 1 aromatic heterocycles. The second kappa shape index (κ2) is 11.2. The number of alkyl halides is 2. The summed E-state index contributed by atoms with van der Waals surface area (Å²) in [4.78, 5) is 31.8. The maximum absolute atomic E-state index is 14.4. The van der Waals surface area contributed by atoms with Gasteiger partial charge in [-0.2, -0.15) is 8.78 Å². The number of anilines is 1. The summed E-state index contributed by atoms with van der Waals surface area (Å²) in [5.41, 5.74) is 1.98. The normalized spacial score (nSPS) is 22.9. The third-order valence-electron chi connectivity index (χ3n) is 9.07. The van der Waals surface area contributed by atoms with E-state index in [1.54, 1.807) is 18.2 Å². The van der Waals surface area contributed by atoms with Gasteiger partial charge in [-0.25, -0.2) is 4.98 Å². The quantitative estimate of drug-likeness (QED) is 0.182. The van der Waals surface area contributed by atoms with Crippen molar-refractivity contribution in [3.63, 3.8) is 0 Å². The van der Waals surface area contributed by atoms with Crippen LogP contribution in [0.25, 0.3) is 22.2 Å². The molecule has 4 aromatic rings. The standard InChI is InChI=1S/C33H30BrF2N3O4/c1-19-27(22-17-21(34)11-12-23(22)38-28(19)20-7-3-2-4-8-20)29(40)39-33-15-13-32(14-16-33,30(41)42)18-26(33)37-24-9-5-6-10-25(24)43-31(35)36/h2-12,17,26,31,37H,13-16,18H2,1H3,(H,39,40)(H,41,42). The van der Waals surface area contributed by atoms with Crippen LogP contribution in [0.3, 0.4) is 0 Å².